The summed E-state index contributed by atoms with van der Waals surface area (Å²) in [7, 11) is 0. The van der Waals surface area contributed by atoms with Gasteiger partial charge in [0.15, 0.2) is 25.2 Å². The van der Waals surface area contributed by atoms with Crippen LogP contribution in [0.3, 0.4) is 0 Å². The van der Waals surface area contributed by atoms with Crippen molar-refractivity contribution in [2.45, 2.75) is 241 Å². The molecule has 10 fully saturated rings. The summed E-state index contributed by atoms with van der Waals surface area (Å²) in [5.74, 6) is 0.567. The number of hydrogen-bond donors (Lipinski definition) is 13. The molecule has 5 aliphatic heterocycles. The summed E-state index contributed by atoms with van der Waals surface area (Å²) in [4.78, 5) is 0. The van der Waals surface area contributed by atoms with Gasteiger partial charge in [0.2, 0.25) is 0 Å². The summed E-state index contributed by atoms with van der Waals surface area (Å²) >= 11 is 0. The minimum atomic E-state index is -1.93. The van der Waals surface area contributed by atoms with Crippen LogP contribution in [0.5, 0.6) is 0 Å². The second-order valence-electron chi connectivity index (χ2n) is 26.3. The summed E-state index contributed by atoms with van der Waals surface area (Å²) in [6, 6.07) is 0. The predicted octanol–water partition coefficient (Wildman–Crippen LogP) is -2.10. The van der Waals surface area contributed by atoms with Crippen molar-refractivity contribution in [3.63, 3.8) is 0 Å². The van der Waals surface area contributed by atoms with E-state index in [0.717, 1.165) is 38.5 Å². The maximum atomic E-state index is 12.3. The fourth-order valence-corrected chi connectivity index (χ4v) is 17.6. The van der Waals surface area contributed by atoms with Gasteiger partial charge in [-0.25, -0.2) is 0 Å². The molecule has 10 rings (SSSR count). The van der Waals surface area contributed by atoms with E-state index in [-0.39, 0.29) is 40.1 Å². The Morgan fingerprint density at radius 3 is 1.81 bits per heavy atom. The molecular weight excluding hydrogens is 977 g/mol. The standard InChI is InChI=1S/C52H86O22/c1-46(2)14-28-51(29(56)15-46)21-68-52(28)13-9-27-48(5)11-10-31(47(3,4)26(48)8-12-49(27,6)50(52,7)16-30(51)57)72-42-37(63)34(60)25(20-67-42)71-45-41(74-43-36(62)32(58)22(55)19-66-43)39(65)40(24(18-54)70-45)73-44-38(64)35(61)33(59)23(17-53)69-44/h22-45,53-65H,8-21H2,1-7H3. The Bertz CT molecular complexity index is 2000. The quantitative estimate of drug-likeness (QED) is 0.104. The summed E-state index contributed by atoms with van der Waals surface area (Å²) < 4.78 is 55.0. The van der Waals surface area contributed by atoms with Crippen LogP contribution < -0.4 is 0 Å². The van der Waals surface area contributed by atoms with Crippen LogP contribution >= 0.6 is 0 Å². The molecule has 0 aromatic rings. The second kappa shape index (κ2) is 19.7. The molecule has 5 heterocycles. The van der Waals surface area contributed by atoms with E-state index in [0.29, 0.717) is 31.8 Å². The Labute approximate surface area is 432 Å². The average Bonchev–Trinajstić information content (AvgIpc) is 3.63. The minimum Gasteiger partial charge on any atom is -0.394 e. The van der Waals surface area contributed by atoms with E-state index in [1.807, 2.05) is 0 Å². The van der Waals surface area contributed by atoms with E-state index >= 15 is 0 Å². The Balaban J connectivity index is 0.828. The molecule has 5 saturated carbocycles. The predicted molar refractivity (Wildman–Crippen MR) is 252 cm³/mol. The third kappa shape index (κ3) is 8.31. The van der Waals surface area contributed by atoms with Gasteiger partial charge in [0.25, 0.3) is 0 Å². The number of aliphatic hydroxyl groups excluding tert-OH is 13. The van der Waals surface area contributed by atoms with Crippen LogP contribution in [0.2, 0.25) is 0 Å². The van der Waals surface area contributed by atoms with Crippen molar-refractivity contribution in [2.75, 3.05) is 33.0 Å². The summed E-state index contributed by atoms with van der Waals surface area (Å²) in [6.45, 7) is 14.0. The van der Waals surface area contributed by atoms with Gasteiger partial charge in [-0.1, -0.05) is 48.5 Å². The lowest BCUT2D eigenvalue weighted by molar-refractivity contribution is -0.394. The molecule has 10 aliphatic rings. The fourth-order valence-electron chi connectivity index (χ4n) is 17.6. The Morgan fingerprint density at radius 2 is 1.11 bits per heavy atom. The molecule has 0 amide bonds. The molecule has 2 bridgehead atoms. The second-order valence-corrected chi connectivity index (χ2v) is 26.3. The minimum absolute atomic E-state index is 0.0544. The maximum Gasteiger partial charge on any atom is 0.187 e. The van der Waals surface area contributed by atoms with Crippen molar-refractivity contribution >= 4 is 0 Å². The molecule has 13 N–H and O–H groups in total. The molecule has 1 spiro atoms. The van der Waals surface area contributed by atoms with E-state index in [1.165, 1.54) is 0 Å². The molecule has 5 saturated heterocycles. The zero-order valence-electron chi connectivity index (χ0n) is 43.7. The van der Waals surface area contributed by atoms with Crippen molar-refractivity contribution in [1.29, 1.82) is 0 Å². The van der Waals surface area contributed by atoms with E-state index in [2.05, 4.69) is 48.5 Å². The summed E-state index contributed by atoms with van der Waals surface area (Å²) in [5.41, 5.74) is -2.22. The third-order valence-electron chi connectivity index (χ3n) is 21.8. The molecule has 426 valence electrons. The molecular formula is C52H86O22. The van der Waals surface area contributed by atoms with Crippen LogP contribution in [-0.4, -0.2) is 234 Å². The monoisotopic (exact) mass is 1060 g/mol. The van der Waals surface area contributed by atoms with Gasteiger partial charge < -0.3 is 109 Å². The number of hydrogen-bond acceptors (Lipinski definition) is 22. The van der Waals surface area contributed by atoms with Crippen LogP contribution in [0.1, 0.15) is 106 Å². The first kappa shape index (κ1) is 56.4. The number of rotatable bonds is 10. The van der Waals surface area contributed by atoms with Gasteiger partial charge in [0.05, 0.1) is 62.4 Å². The zero-order valence-corrected chi connectivity index (χ0v) is 43.7. The molecule has 0 aromatic heterocycles. The van der Waals surface area contributed by atoms with Gasteiger partial charge in [-0.3, -0.25) is 0 Å². The normalized spacial score (nSPS) is 57.9. The van der Waals surface area contributed by atoms with E-state index in [4.69, 9.17) is 42.6 Å². The molecule has 22 heteroatoms. The van der Waals surface area contributed by atoms with Crippen molar-refractivity contribution in [3.05, 3.63) is 0 Å². The highest BCUT2D eigenvalue weighted by atomic mass is 16.8. The molecule has 29 atom stereocenters. The van der Waals surface area contributed by atoms with Crippen LogP contribution in [0.4, 0.5) is 0 Å². The smallest absolute Gasteiger partial charge is 0.187 e. The molecule has 29 unspecified atom stereocenters. The van der Waals surface area contributed by atoms with Gasteiger partial charge in [-0.15, -0.1) is 0 Å². The lowest BCUT2D eigenvalue weighted by Crippen LogP contribution is -2.75. The third-order valence-corrected chi connectivity index (χ3v) is 21.8. The zero-order chi connectivity index (χ0) is 53.6. The first-order valence-electron chi connectivity index (χ1n) is 27.2. The molecule has 74 heavy (non-hydrogen) atoms. The molecule has 0 radical (unpaired) electrons. The lowest BCUT2D eigenvalue weighted by Gasteiger charge is -2.75. The molecule has 5 aliphatic carbocycles. The van der Waals surface area contributed by atoms with Crippen LogP contribution in [0.15, 0.2) is 0 Å². The van der Waals surface area contributed by atoms with Gasteiger partial charge in [-0.05, 0) is 91.3 Å². The first-order chi connectivity index (χ1) is 34.7. The lowest BCUT2D eigenvalue weighted by atomic mass is 9.30. The number of aliphatic hydroxyl groups is 13. The highest BCUT2D eigenvalue weighted by Crippen LogP contribution is 2.80. The van der Waals surface area contributed by atoms with Crippen molar-refractivity contribution < 1.29 is 109 Å². The van der Waals surface area contributed by atoms with Crippen LogP contribution in [0, 0.1) is 50.2 Å². The fraction of sp³-hybridized carbons (Fsp3) is 1.00. The Kier molecular flexibility index (Phi) is 15.0. The van der Waals surface area contributed by atoms with E-state index < -0.39 is 165 Å². The topological polar surface area (TPSA) is 346 Å². The largest absolute Gasteiger partial charge is 0.394 e. The van der Waals surface area contributed by atoms with Crippen molar-refractivity contribution in [3.8, 4) is 0 Å². The highest BCUT2D eigenvalue weighted by Gasteiger charge is 2.81. The van der Waals surface area contributed by atoms with Gasteiger partial charge in [-0.2, -0.15) is 0 Å². The highest BCUT2D eigenvalue weighted by molar-refractivity contribution is 5.29. The summed E-state index contributed by atoms with van der Waals surface area (Å²) in [6.07, 6.45) is -24.6. The SMILES string of the molecule is CC1(C)CC(O)C23COC4(CCC5C6(C)CCC(OC7OCC(OC8OC(CO)C(OC9OC(CO)C(O)C(O)C9O)C(O)C8OC8OCC(O)C(O)C8O)C(O)C7O)C(C)(C)C6CCC5(C)C4(C)CC2O)C3C1. The Morgan fingerprint density at radius 1 is 0.500 bits per heavy atom. The first-order valence-corrected chi connectivity index (χ1v) is 27.2. The maximum absolute atomic E-state index is 12.3. The van der Waals surface area contributed by atoms with Crippen LogP contribution in [0.25, 0.3) is 0 Å². The van der Waals surface area contributed by atoms with E-state index in [9.17, 15) is 66.4 Å². The van der Waals surface area contributed by atoms with Crippen LogP contribution in [-0.2, 0) is 42.6 Å². The van der Waals surface area contributed by atoms with Gasteiger partial charge in [0, 0.05) is 11.3 Å². The van der Waals surface area contributed by atoms with Gasteiger partial charge in [0.1, 0.15) is 85.5 Å². The van der Waals surface area contributed by atoms with E-state index in [1.54, 1.807) is 0 Å². The molecule has 22 nitrogen and oxygen atoms in total. The van der Waals surface area contributed by atoms with Gasteiger partial charge >= 0.3 is 0 Å². The number of fused-ring (bicyclic) bond motifs is 4. The Hall–Kier alpha value is -0.880. The average molecular weight is 1060 g/mol. The summed E-state index contributed by atoms with van der Waals surface area (Å²) in [5, 5.41) is 142. The van der Waals surface area contributed by atoms with Crippen molar-refractivity contribution in [1.82, 2.24) is 0 Å². The number of ether oxygens (including phenoxy) is 9. The molecule has 0 aromatic carbocycles. The van der Waals surface area contributed by atoms with Crippen molar-refractivity contribution in [2.24, 2.45) is 50.2 Å².